The molecular weight excluding hydrogens is 382 g/mol. The number of thiophene rings is 1. The van der Waals surface area contributed by atoms with E-state index in [1.54, 1.807) is 6.07 Å². The summed E-state index contributed by atoms with van der Waals surface area (Å²) in [6.07, 6.45) is 2.53. The van der Waals surface area contributed by atoms with Crippen LogP contribution in [-0.2, 0) is 11.3 Å². The molecule has 2 heterocycles. The number of carbonyl (C=O) groups excluding carboxylic acids is 2. The van der Waals surface area contributed by atoms with Gasteiger partial charge in [-0.2, -0.15) is 0 Å². The van der Waals surface area contributed by atoms with E-state index >= 15 is 0 Å². The summed E-state index contributed by atoms with van der Waals surface area (Å²) in [5.74, 6) is 0.417. The summed E-state index contributed by atoms with van der Waals surface area (Å²) in [5, 5.41) is 7.66. The Balaban J connectivity index is 1.56. The van der Waals surface area contributed by atoms with Gasteiger partial charge in [-0.3, -0.25) is 14.5 Å². The van der Waals surface area contributed by atoms with Crippen LogP contribution in [0.2, 0.25) is 0 Å². The van der Waals surface area contributed by atoms with Crippen molar-refractivity contribution in [2.24, 2.45) is 11.8 Å². The van der Waals surface area contributed by atoms with E-state index in [0.717, 1.165) is 31.2 Å². The van der Waals surface area contributed by atoms with Gasteiger partial charge in [-0.25, -0.2) is 0 Å². The van der Waals surface area contributed by atoms with Crippen LogP contribution < -0.4 is 10.6 Å². The number of hydrogen-bond donors (Lipinski definition) is 2. The standard InChI is InChI=1S/C23H31N3O2S/c1-16(2)21(25-22(27)20-5-4-14-29-20)23(28)24-19-8-6-18(7-9-19)15-26-12-10-17(3)11-13-26/h4-9,14,16-17,21H,10-13,15H2,1-3H3,(H,24,28)(H,25,27). The normalized spacial score (nSPS) is 16.6. The second kappa shape index (κ2) is 10.0. The molecule has 0 spiro atoms. The Kier molecular flexibility index (Phi) is 7.45. The Bertz CT molecular complexity index is 794. The first-order valence-electron chi connectivity index (χ1n) is 10.4. The van der Waals surface area contributed by atoms with E-state index in [-0.39, 0.29) is 17.7 Å². The third-order valence-corrected chi connectivity index (χ3v) is 6.35. The first kappa shape index (κ1) is 21.5. The van der Waals surface area contributed by atoms with Crippen LogP contribution in [0.1, 0.15) is 48.8 Å². The van der Waals surface area contributed by atoms with Crippen LogP contribution >= 0.6 is 11.3 Å². The number of benzene rings is 1. The quantitative estimate of drug-likeness (QED) is 0.708. The summed E-state index contributed by atoms with van der Waals surface area (Å²) in [6.45, 7) is 9.44. The smallest absolute Gasteiger partial charge is 0.262 e. The molecule has 156 valence electrons. The van der Waals surface area contributed by atoms with E-state index in [1.165, 1.54) is 29.7 Å². The summed E-state index contributed by atoms with van der Waals surface area (Å²) >= 11 is 1.37. The number of rotatable bonds is 7. The van der Waals surface area contributed by atoms with E-state index in [2.05, 4.69) is 34.6 Å². The molecule has 0 radical (unpaired) electrons. The molecule has 1 aliphatic heterocycles. The predicted molar refractivity (Wildman–Crippen MR) is 119 cm³/mol. The van der Waals surface area contributed by atoms with Crippen LogP contribution in [0.25, 0.3) is 0 Å². The molecule has 2 aromatic rings. The van der Waals surface area contributed by atoms with E-state index in [4.69, 9.17) is 0 Å². The maximum absolute atomic E-state index is 12.8. The van der Waals surface area contributed by atoms with Gasteiger partial charge < -0.3 is 10.6 Å². The van der Waals surface area contributed by atoms with Crippen LogP contribution in [0, 0.1) is 11.8 Å². The topological polar surface area (TPSA) is 61.4 Å². The predicted octanol–water partition coefficient (Wildman–Crippen LogP) is 4.37. The zero-order valence-corrected chi connectivity index (χ0v) is 18.3. The average molecular weight is 414 g/mol. The molecule has 1 aliphatic rings. The second-order valence-corrected chi connectivity index (χ2v) is 9.26. The van der Waals surface area contributed by atoms with Gasteiger partial charge in [0.25, 0.3) is 5.91 Å². The van der Waals surface area contributed by atoms with Crippen LogP contribution in [0.5, 0.6) is 0 Å². The van der Waals surface area contributed by atoms with Crippen molar-refractivity contribution in [2.45, 2.75) is 46.2 Å². The largest absolute Gasteiger partial charge is 0.339 e. The highest BCUT2D eigenvalue weighted by atomic mass is 32.1. The number of nitrogens with zero attached hydrogens (tertiary/aromatic N) is 1. The summed E-state index contributed by atoms with van der Waals surface area (Å²) in [4.78, 5) is 28.2. The van der Waals surface area contributed by atoms with Crippen molar-refractivity contribution in [3.05, 3.63) is 52.2 Å². The molecule has 1 atom stereocenters. The third-order valence-electron chi connectivity index (χ3n) is 5.48. The minimum atomic E-state index is -0.584. The zero-order chi connectivity index (χ0) is 20.8. The molecule has 1 aromatic carbocycles. The molecule has 0 bridgehead atoms. The fourth-order valence-corrected chi connectivity index (χ4v) is 4.17. The minimum Gasteiger partial charge on any atom is -0.339 e. The molecule has 0 aliphatic carbocycles. The fraction of sp³-hybridized carbons (Fsp3) is 0.478. The van der Waals surface area contributed by atoms with Crippen LogP contribution in [0.4, 0.5) is 5.69 Å². The molecule has 2 amide bonds. The highest BCUT2D eigenvalue weighted by Gasteiger charge is 2.25. The molecule has 1 unspecified atom stereocenters. The first-order valence-corrected chi connectivity index (χ1v) is 11.3. The van der Waals surface area contributed by atoms with E-state index in [0.29, 0.717) is 4.88 Å². The zero-order valence-electron chi connectivity index (χ0n) is 17.5. The minimum absolute atomic E-state index is 0.0142. The molecule has 3 rings (SSSR count). The van der Waals surface area contributed by atoms with Crippen molar-refractivity contribution >= 4 is 28.8 Å². The van der Waals surface area contributed by atoms with Crippen LogP contribution in [0.3, 0.4) is 0 Å². The second-order valence-electron chi connectivity index (χ2n) is 8.32. The Morgan fingerprint density at radius 3 is 2.41 bits per heavy atom. The highest BCUT2D eigenvalue weighted by Crippen LogP contribution is 2.19. The van der Waals surface area contributed by atoms with E-state index in [1.807, 2.05) is 37.4 Å². The maximum Gasteiger partial charge on any atom is 0.262 e. The summed E-state index contributed by atoms with van der Waals surface area (Å²) in [7, 11) is 0. The van der Waals surface area contributed by atoms with Gasteiger partial charge >= 0.3 is 0 Å². The van der Waals surface area contributed by atoms with E-state index in [9.17, 15) is 9.59 Å². The van der Waals surface area contributed by atoms with Gasteiger partial charge in [0.05, 0.1) is 4.88 Å². The molecule has 0 saturated carbocycles. The van der Waals surface area contributed by atoms with Gasteiger partial charge in [0.1, 0.15) is 6.04 Å². The molecule has 1 saturated heterocycles. The van der Waals surface area contributed by atoms with Gasteiger partial charge in [0, 0.05) is 12.2 Å². The maximum atomic E-state index is 12.8. The third kappa shape index (κ3) is 6.15. The number of likely N-dealkylation sites (tertiary alicyclic amines) is 1. The van der Waals surface area contributed by atoms with E-state index < -0.39 is 6.04 Å². The van der Waals surface area contributed by atoms with Crippen molar-refractivity contribution in [1.29, 1.82) is 0 Å². The number of nitrogens with one attached hydrogen (secondary N) is 2. The lowest BCUT2D eigenvalue weighted by Crippen LogP contribution is -2.46. The molecule has 6 heteroatoms. The number of hydrogen-bond acceptors (Lipinski definition) is 4. The lowest BCUT2D eigenvalue weighted by atomic mass is 9.99. The van der Waals surface area contributed by atoms with Gasteiger partial charge in [-0.15, -0.1) is 11.3 Å². The van der Waals surface area contributed by atoms with Crippen LogP contribution in [-0.4, -0.2) is 35.8 Å². The molecule has 29 heavy (non-hydrogen) atoms. The van der Waals surface area contributed by atoms with Gasteiger partial charge in [-0.1, -0.05) is 39.0 Å². The van der Waals surface area contributed by atoms with Crippen molar-refractivity contribution in [1.82, 2.24) is 10.2 Å². The van der Waals surface area contributed by atoms with Gasteiger partial charge in [-0.05, 0) is 66.9 Å². The van der Waals surface area contributed by atoms with Crippen molar-refractivity contribution in [2.75, 3.05) is 18.4 Å². The first-order chi connectivity index (χ1) is 13.9. The van der Waals surface area contributed by atoms with Crippen molar-refractivity contribution < 1.29 is 9.59 Å². The molecule has 5 nitrogen and oxygen atoms in total. The number of carbonyl (C=O) groups is 2. The summed E-state index contributed by atoms with van der Waals surface area (Å²) in [5.41, 5.74) is 2.01. The summed E-state index contributed by atoms with van der Waals surface area (Å²) < 4.78 is 0. The Hall–Kier alpha value is -2.18. The van der Waals surface area contributed by atoms with Gasteiger partial charge in [0.15, 0.2) is 0 Å². The average Bonchev–Trinajstić information content (AvgIpc) is 3.24. The lowest BCUT2D eigenvalue weighted by Gasteiger charge is -2.30. The fourth-order valence-electron chi connectivity index (χ4n) is 3.55. The number of anilines is 1. The van der Waals surface area contributed by atoms with Gasteiger partial charge in [0.2, 0.25) is 5.91 Å². The molecule has 2 N–H and O–H groups in total. The Morgan fingerprint density at radius 2 is 1.83 bits per heavy atom. The number of amides is 2. The molecular formula is C23H31N3O2S. The lowest BCUT2D eigenvalue weighted by molar-refractivity contribution is -0.118. The Labute approximate surface area is 177 Å². The molecule has 1 aromatic heterocycles. The van der Waals surface area contributed by atoms with Crippen molar-refractivity contribution in [3.8, 4) is 0 Å². The Morgan fingerprint density at radius 1 is 1.14 bits per heavy atom. The summed E-state index contributed by atoms with van der Waals surface area (Å²) in [6, 6.07) is 11.0. The molecule has 1 fully saturated rings. The number of piperidine rings is 1. The van der Waals surface area contributed by atoms with Crippen LogP contribution in [0.15, 0.2) is 41.8 Å². The SMILES string of the molecule is CC1CCN(Cc2ccc(NC(=O)C(NC(=O)c3cccs3)C(C)C)cc2)CC1. The monoisotopic (exact) mass is 413 g/mol. The highest BCUT2D eigenvalue weighted by molar-refractivity contribution is 7.12. The van der Waals surface area contributed by atoms with Crippen molar-refractivity contribution in [3.63, 3.8) is 0 Å².